The summed E-state index contributed by atoms with van der Waals surface area (Å²) in [6.45, 7) is 6.07. The summed E-state index contributed by atoms with van der Waals surface area (Å²) in [5.74, 6) is -0.122. The van der Waals surface area contributed by atoms with E-state index < -0.39 is 17.7 Å². The molecule has 1 aliphatic heterocycles. The van der Waals surface area contributed by atoms with Crippen LogP contribution in [0.3, 0.4) is 0 Å². The number of aliphatic hydroxyl groups is 1. The highest BCUT2D eigenvalue weighted by molar-refractivity contribution is 6.51. The highest BCUT2D eigenvalue weighted by Gasteiger charge is 2.48. The van der Waals surface area contributed by atoms with Gasteiger partial charge in [0.25, 0.3) is 11.7 Å². The molecule has 3 aromatic carbocycles. The van der Waals surface area contributed by atoms with E-state index >= 15 is 0 Å². The van der Waals surface area contributed by atoms with E-state index in [1.807, 2.05) is 32.9 Å². The third-order valence-corrected chi connectivity index (χ3v) is 6.75. The van der Waals surface area contributed by atoms with Gasteiger partial charge in [0, 0.05) is 11.8 Å². The van der Waals surface area contributed by atoms with Gasteiger partial charge >= 0.3 is 0 Å². The fourth-order valence-electron chi connectivity index (χ4n) is 4.66. The number of hydrogen-bond acceptors (Lipinski definition) is 7. The van der Waals surface area contributed by atoms with Crippen LogP contribution < -0.4 is 23.8 Å². The summed E-state index contributed by atoms with van der Waals surface area (Å²) in [6.07, 6.45) is 0. The number of anilines is 1. The fraction of sp³-hybridized carbons (Fsp3) is 0.267. The molecule has 1 saturated heterocycles. The Kier molecular flexibility index (Phi) is 7.62. The number of ketones is 1. The molecule has 1 atom stereocenters. The lowest BCUT2D eigenvalue weighted by atomic mass is 9.94. The zero-order valence-electron chi connectivity index (χ0n) is 22.3. The van der Waals surface area contributed by atoms with Gasteiger partial charge in [-0.15, -0.1) is 0 Å². The van der Waals surface area contributed by atoms with Crippen LogP contribution in [0.1, 0.15) is 35.2 Å². The largest absolute Gasteiger partial charge is 0.507 e. The maximum atomic E-state index is 13.6. The summed E-state index contributed by atoms with van der Waals surface area (Å²) in [6, 6.07) is 14.7. The molecular weight excluding hydrogens is 486 g/mol. The highest BCUT2D eigenvalue weighted by atomic mass is 16.5. The smallest absolute Gasteiger partial charge is 0.300 e. The van der Waals surface area contributed by atoms with Crippen LogP contribution in [-0.4, -0.2) is 44.7 Å². The maximum absolute atomic E-state index is 13.6. The molecule has 1 unspecified atom stereocenters. The van der Waals surface area contributed by atoms with Crippen molar-refractivity contribution in [1.29, 1.82) is 0 Å². The van der Waals surface area contributed by atoms with E-state index in [0.29, 0.717) is 40.9 Å². The number of Topliss-reactive ketones (excluding diaryl/α,β-unsaturated/α-hetero) is 1. The van der Waals surface area contributed by atoms with Crippen molar-refractivity contribution >= 4 is 23.1 Å². The second kappa shape index (κ2) is 10.9. The Labute approximate surface area is 222 Å². The maximum Gasteiger partial charge on any atom is 0.300 e. The molecule has 8 heteroatoms. The lowest BCUT2D eigenvalue weighted by Gasteiger charge is -2.28. The number of nitrogens with zero attached hydrogens (tertiary/aromatic N) is 1. The SMILES string of the molecule is CCOc1cc(C2/C(=C(\O)c3ccc(OC)cc3OC)C(=O)C(=O)N2c2cccc(C)c2C)ccc1OC. The van der Waals surface area contributed by atoms with Crippen molar-refractivity contribution in [3.63, 3.8) is 0 Å². The zero-order valence-corrected chi connectivity index (χ0v) is 22.3. The molecule has 0 bridgehead atoms. The van der Waals surface area contributed by atoms with Gasteiger partial charge in [0.15, 0.2) is 11.5 Å². The molecule has 1 N–H and O–H groups in total. The molecule has 0 aromatic heterocycles. The standard InChI is InChI=1S/C30H31NO7/c1-7-38-25-15-19(11-14-23(25)36-5)27-26(28(32)21-13-12-20(35-4)16-24(21)37-6)29(33)30(34)31(27)22-10-8-9-17(2)18(22)3/h8-16,27,32H,7H2,1-6H3/b28-26+. The zero-order chi connectivity index (χ0) is 27.6. The van der Waals surface area contributed by atoms with Crippen molar-refractivity contribution in [2.75, 3.05) is 32.8 Å². The molecule has 1 heterocycles. The van der Waals surface area contributed by atoms with Crippen molar-refractivity contribution in [3.05, 3.63) is 82.4 Å². The quantitative estimate of drug-likeness (QED) is 0.244. The van der Waals surface area contributed by atoms with Crippen LogP contribution in [0.4, 0.5) is 5.69 Å². The Morgan fingerprint density at radius 2 is 1.63 bits per heavy atom. The molecule has 0 radical (unpaired) electrons. The number of aryl methyl sites for hydroxylation is 1. The summed E-state index contributed by atoms with van der Waals surface area (Å²) in [5, 5.41) is 11.6. The van der Waals surface area contributed by atoms with Gasteiger partial charge in [-0.25, -0.2) is 0 Å². The Morgan fingerprint density at radius 1 is 0.895 bits per heavy atom. The van der Waals surface area contributed by atoms with E-state index in [9.17, 15) is 14.7 Å². The van der Waals surface area contributed by atoms with Gasteiger partial charge in [0.2, 0.25) is 0 Å². The van der Waals surface area contributed by atoms with Gasteiger partial charge in [0.05, 0.1) is 45.1 Å². The molecule has 1 aliphatic rings. The molecule has 0 spiro atoms. The number of benzene rings is 3. The van der Waals surface area contributed by atoms with Crippen LogP contribution >= 0.6 is 0 Å². The summed E-state index contributed by atoms with van der Waals surface area (Å²) in [4.78, 5) is 28.7. The van der Waals surface area contributed by atoms with Gasteiger partial charge in [-0.2, -0.15) is 0 Å². The minimum absolute atomic E-state index is 0.0630. The van der Waals surface area contributed by atoms with E-state index in [2.05, 4.69) is 0 Å². The fourth-order valence-corrected chi connectivity index (χ4v) is 4.66. The molecule has 1 amide bonds. The minimum atomic E-state index is -0.938. The van der Waals surface area contributed by atoms with E-state index in [1.165, 1.54) is 26.2 Å². The molecule has 3 aromatic rings. The molecule has 8 nitrogen and oxygen atoms in total. The third kappa shape index (κ3) is 4.53. The van der Waals surface area contributed by atoms with E-state index in [4.69, 9.17) is 18.9 Å². The van der Waals surface area contributed by atoms with Crippen molar-refractivity contribution in [2.24, 2.45) is 0 Å². The Morgan fingerprint density at radius 3 is 2.29 bits per heavy atom. The number of carbonyl (C=O) groups is 2. The van der Waals surface area contributed by atoms with Crippen LogP contribution in [0.5, 0.6) is 23.0 Å². The molecule has 0 aliphatic carbocycles. The molecule has 1 fully saturated rings. The minimum Gasteiger partial charge on any atom is -0.507 e. The van der Waals surface area contributed by atoms with Crippen LogP contribution in [0.25, 0.3) is 5.76 Å². The van der Waals surface area contributed by atoms with E-state index in [0.717, 1.165) is 11.1 Å². The number of amides is 1. The van der Waals surface area contributed by atoms with Gasteiger partial charge in [-0.3, -0.25) is 14.5 Å². The van der Waals surface area contributed by atoms with E-state index in [1.54, 1.807) is 42.5 Å². The average Bonchev–Trinajstić information content (AvgIpc) is 3.19. The Balaban J connectivity index is 2.02. The van der Waals surface area contributed by atoms with Crippen molar-refractivity contribution < 1.29 is 33.6 Å². The molecule has 0 saturated carbocycles. The van der Waals surface area contributed by atoms with Crippen LogP contribution in [-0.2, 0) is 9.59 Å². The predicted octanol–water partition coefficient (Wildman–Crippen LogP) is 5.35. The van der Waals surface area contributed by atoms with Crippen LogP contribution in [0.15, 0.2) is 60.2 Å². The van der Waals surface area contributed by atoms with Gasteiger partial charge in [-0.05, 0) is 67.8 Å². The molecule has 4 rings (SSSR count). The van der Waals surface area contributed by atoms with Gasteiger partial charge in [0.1, 0.15) is 17.3 Å². The average molecular weight is 518 g/mol. The summed E-state index contributed by atoms with van der Waals surface area (Å²) < 4.78 is 22.0. The first-order valence-corrected chi connectivity index (χ1v) is 12.2. The van der Waals surface area contributed by atoms with Crippen LogP contribution in [0, 0.1) is 13.8 Å². The number of ether oxygens (including phenoxy) is 4. The van der Waals surface area contributed by atoms with Crippen molar-refractivity contribution in [2.45, 2.75) is 26.8 Å². The normalized spacial score (nSPS) is 16.5. The first-order valence-electron chi connectivity index (χ1n) is 12.2. The monoisotopic (exact) mass is 517 g/mol. The lowest BCUT2D eigenvalue weighted by Crippen LogP contribution is -2.30. The molecule has 198 valence electrons. The molecule has 38 heavy (non-hydrogen) atoms. The topological polar surface area (TPSA) is 94.5 Å². The Hall–Kier alpha value is -4.46. The second-order valence-corrected chi connectivity index (χ2v) is 8.80. The predicted molar refractivity (Wildman–Crippen MR) is 144 cm³/mol. The highest BCUT2D eigenvalue weighted by Crippen LogP contribution is 2.46. The Bertz CT molecular complexity index is 1430. The summed E-state index contributed by atoms with van der Waals surface area (Å²) >= 11 is 0. The summed E-state index contributed by atoms with van der Waals surface area (Å²) in [7, 11) is 4.51. The van der Waals surface area contributed by atoms with Gasteiger partial charge < -0.3 is 24.1 Å². The number of carbonyl (C=O) groups excluding carboxylic acids is 2. The number of methoxy groups -OCH3 is 3. The van der Waals surface area contributed by atoms with E-state index in [-0.39, 0.29) is 16.9 Å². The number of hydrogen-bond donors (Lipinski definition) is 1. The summed E-state index contributed by atoms with van der Waals surface area (Å²) in [5.41, 5.74) is 3.16. The molecular formula is C30H31NO7. The number of aliphatic hydroxyl groups excluding tert-OH is 1. The van der Waals surface area contributed by atoms with Gasteiger partial charge in [-0.1, -0.05) is 18.2 Å². The lowest BCUT2D eigenvalue weighted by molar-refractivity contribution is -0.132. The number of rotatable bonds is 8. The third-order valence-electron chi connectivity index (χ3n) is 6.75. The van der Waals surface area contributed by atoms with Crippen LogP contribution in [0.2, 0.25) is 0 Å². The first-order chi connectivity index (χ1) is 18.3. The van der Waals surface area contributed by atoms with Crippen molar-refractivity contribution in [1.82, 2.24) is 0 Å². The first kappa shape index (κ1) is 26.6. The van der Waals surface area contributed by atoms with Crippen molar-refractivity contribution in [3.8, 4) is 23.0 Å². The second-order valence-electron chi connectivity index (χ2n) is 8.80.